The molecule has 0 aliphatic carbocycles. The Bertz CT molecular complexity index is 433. The summed E-state index contributed by atoms with van der Waals surface area (Å²) in [5.74, 6) is 1.30. The highest BCUT2D eigenvalue weighted by molar-refractivity contribution is 5.98. The van der Waals surface area contributed by atoms with Gasteiger partial charge in [0, 0.05) is 17.9 Å². The molecule has 0 heterocycles. The first-order valence-corrected chi connectivity index (χ1v) is 6.76. The predicted octanol–water partition coefficient (Wildman–Crippen LogP) is 2.71. The summed E-state index contributed by atoms with van der Waals surface area (Å²) in [5.41, 5.74) is 12.7. The van der Waals surface area contributed by atoms with Crippen molar-refractivity contribution in [3.63, 3.8) is 0 Å². The molecule has 0 saturated carbocycles. The number of primary amides is 1. The minimum absolute atomic E-state index is 0.371. The van der Waals surface area contributed by atoms with Crippen LogP contribution in [0.2, 0.25) is 0 Å². The van der Waals surface area contributed by atoms with Crippen molar-refractivity contribution >= 4 is 17.3 Å². The zero-order valence-electron chi connectivity index (χ0n) is 12.2. The van der Waals surface area contributed by atoms with Gasteiger partial charge in [-0.1, -0.05) is 27.7 Å². The van der Waals surface area contributed by atoms with E-state index >= 15 is 0 Å². The van der Waals surface area contributed by atoms with Crippen LogP contribution in [0.15, 0.2) is 18.2 Å². The number of amides is 1. The van der Waals surface area contributed by atoms with Crippen LogP contribution in [0.4, 0.5) is 11.4 Å². The van der Waals surface area contributed by atoms with Crippen LogP contribution in [0.5, 0.6) is 0 Å². The Labute approximate surface area is 115 Å². The van der Waals surface area contributed by atoms with Crippen LogP contribution in [-0.4, -0.2) is 12.5 Å². The van der Waals surface area contributed by atoms with Crippen molar-refractivity contribution < 1.29 is 4.79 Å². The van der Waals surface area contributed by atoms with Gasteiger partial charge in [0.1, 0.15) is 0 Å². The first-order valence-electron chi connectivity index (χ1n) is 6.76. The molecule has 4 nitrogen and oxygen atoms in total. The molecule has 0 spiro atoms. The molecule has 0 aromatic heterocycles. The Kier molecular flexibility index (Phi) is 5.21. The molecule has 1 rings (SSSR count). The van der Waals surface area contributed by atoms with E-state index in [1.165, 1.54) is 0 Å². The van der Waals surface area contributed by atoms with E-state index in [0.717, 1.165) is 12.2 Å². The summed E-state index contributed by atoms with van der Waals surface area (Å²) < 4.78 is 0. The second-order valence-corrected chi connectivity index (χ2v) is 5.70. The number of nitrogens with one attached hydrogen (secondary N) is 1. The van der Waals surface area contributed by atoms with Crippen molar-refractivity contribution in [1.82, 2.24) is 0 Å². The summed E-state index contributed by atoms with van der Waals surface area (Å²) in [4.78, 5) is 11.2. The number of benzene rings is 1. The lowest BCUT2D eigenvalue weighted by Crippen LogP contribution is -2.24. The van der Waals surface area contributed by atoms with Crippen LogP contribution in [0.3, 0.4) is 0 Å². The number of nitrogens with two attached hydrogens (primary N) is 2. The van der Waals surface area contributed by atoms with Crippen LogP contribution in [0.25, 0.3) is 0 Å². The second-order valence-electron chi connectivity index (χ2n) is 5.70. The highest BCUT2D eigenvalue weighted by Crippen LogP contribution is 2.22. The summed E-state index contributed by atoms with van der Waals surface area (Å²) >= 11 is 0. The molecule has 106 valence electrons. The number of rotatable bonds is 6. The molecule has 0 unspecified atom stereocenters. The van der Waals surface area contributed by atoms with Gasteiger partial charge < -0.3 is 16.8 Å². The topological polar surface area (TPSA) is 81.1 Å². The fraction of sp³-hybridized carbons (Fsp3) is 0.533. The van der Waals surface area contributed by atoms with Crippen molar-refractivity contribution in [2.75, 3.05) is 17.6 Å². The summed E-state index contributed by atoms with van der Waals surface area (Å²) in [6, 6.07) is 5.30. The number of hydrogen-bond donors (Lipinski definition) is 3. The molecule has 0 atom stereocenters. The molecule has 0 saturated heterocycles. The van der Waals surface area contributed by atoms with Crippen molar-refractivity contribution in [3.05, 3.63) is 23.8 Å². The molecular weight excluding hydrogens is 238 g/mol. The number of nitrogen functional groups attached to an aromatic ring is 1. The molecule has 1 amide bonds. The number of anilines is 2. The maximum absolute atomic E-state index is 11.2. The van der Waals surface area contributed by atoms with Crippen LogP contribution >= 0.6 is 0 Å². The lowest BCUT2D eigenvalue weighted by Gasteiger charge is -2.25. The van der Waals surface area contributed by atoms with E-state index in [0.29, 0.717) is 29.0 Å². The summed E-state index contributed by atoms with van der Waals surface area (Å²) in [6.07, 6.45) is 0. The van der Waals surface area contributed by atoms with Gasteiger partial charge in [-0.3, -0.25) is 4.79 Å². The van der Waals surface area contributed by atoms with Gasteiger partial charge in [0.2, 0.25) is 0 Å². The van der Waals surface area contributed by atoms with Gasteiger partial charge in [-0.15, -0.1) is 0 Å². The third-order valence-corrected chi connectivity index (χ3v) is 3.57. The first-order chi connectivity index (χ1) is 8.82. The molecule has 0 aliphatic heterocycles. The van der Waals surface area contributed by atoms with Gasteiger partial charge in [0.15, 0.2) is 0 Å². The van der Waals surface area contributed by atoms with Crippen molar-refractivity contribution in [3.8, 4) is 0 Å². The van der Waals surface area contributed by atoms with E-state index in [9.17, 15) is 4.79 Å². The zero-order chi connectivity index (χ0) is 14.6. The third kappa shape index (κ3) is 4.16. The normalized spacial score (nSPS) is 11.3. The van der Waals surface area contributed by atoms with Gasteiger partial charge in [-0.25, -0.2) is 0 Å². The molecular formula is C15H25N3O. The summed E-state index contributed by atoms with van der Waals surface area (Å²) in [5, 5.41) is 3.37. The van der Waals surface area contributed by atoms with E-state index in [2.05, 4.69) is 33.0 Å². The Morgan fingerprint density at radius 1 is 1.21 bits per heavy atom. The Balaban J connectivity index is 2.78. The van der Waals surface area contributed by atoms with E-state index in [-0.39, 0.29) is 0 Å². The number of carbonyl (C=O) groups is 1. The van der Waals surface area contributed by atoms with Crippen LogP contribution in [0.1, 0.15) is 38.1 Å². The van der Waals surface area contributed by atoms with Crippen molar-refractivity contribution in [2.45, 2.75) is 27.7 Å². The van der Waals surface area contributed by atoms with Gasteiger partial charge in [-0.05, 0) is 36.0 Å². The van der Waals surface area contributed by atoms with Crippen LogP contribution in [0, 0.1) is 17.8 Å². The molecule has 0 fully saturated rings. The smallest absolute Gasteiger partial charge is 0.250 e. The predicted molar refractivity (Wildman–Crippen MR) is 81.0 cm³/mol. The largest absolute Gasteiger partial charge is 0.398 e. The Morgan fingerprint density at radius 3 is 2.26 bits per heavy atom. The maximum Gasteiger partial charge on any atom is 0.250 e. The minimum atomic E-state index is -0.495. The molecule has 1 aromatic rings. The van der Waals surface area contributed by atoms with Gasteiger partial charge in [0.05, 0.1) is 5.56 Å². The highest BCUT2D eigenvalue weighted by atomic mass is 16.1. The van der Waals surface area contributed by atoms with E-state index in [1.54, 1.807) is 12.1 Å². The Hall–Kier alpha value is -1.71. The molecule has 0 radical (unpaired) electrons. The fourth-order valence-corrected chi connectivity index (χ4v) is 2.36. The Morgan fingerprint density at radius 2 is 1.79 bits per heavy atom. The number of carbonyl (C=O) groups excluding carboxylic acids is 1. The quantitative estimate of drug-likeness (QED) is 0.690. The standard InChI is InChI=1S/C15H25N3O/c1-9(2)13(10(3)4)8-18-11-5-6-14(16)12(7-11)15(17)19/h5-7,9-10,13,18H,8,16H2,1-4H3,(H2,17,19). The fourth-order valence-electron chi connectivity index (χ4n) is 2.36. The van der Waals surface area contributed by atoms with Crippen molar-refractivity contribution in [2.24, 2.45) is 23.5 Å². The molecule has 1 aromatic carbocycles. The van der Waals surface area contributed by atoms with Gasteiger partial charge >= 0.3 is 0 Å². The minimum Gasteiger partial charge on any atom is -0.398 e. The van der Waals surface area contributed by atoms with Crippen molar-refractivity contribution in [1.29, 1.82) is 0 Å². The van der Waals surface area contributed by atoms with Gasteiger partial charge in [0.25, 0.3) is 5.91 Å². The SMILES string of the molecule is CC(C)C(CNc1ccc(N)c(C(N)=O)c1)C(C)C. The van der Waals surface area contributed by atoms with E-state index in [1.807, 2.05) is 6.07 Å². The van der Waals surface area contributed by atoms with E-state index in [4.69, 9.17) is 11.5 Å². The zero-order valence-corrected chi connectivity index (χ0v) is 12.2. The summed E-state index contributed by atoms with van der Waals surface area (Å²) in [6.45, 7) is 9.78. The molecule has 0 bridgehead atoms. The first kappa shape index (κ1) is 15.3. The monoisotopic (exact) mass is 263 g/mol. The summed E-state index contributed by atoms with van der Waals surface area (Å²) in [7, 11) is 0. The highest BCUT2D eigenvalue weighted by Gasteiger charge is 2.17. The third-order valence-electron chi connectivity index (χ3n) is 3.57. The van der Waals surface area contributed by atoms with Crippen LogP contribution in [-0.2, 0) is 0 Å². The molecule has 5 N–H and O–H groups in total. The lowest BCUT2D eigenvalue weighted by atomic mass is 9.85. The second kappa shape index (κ2) is 6.45. The maximum atomic E-state index is 11.2. The molecule has 19 heavy (non-hydrogen) atoms. The molecule has 4 heteroatoms. The number of hydrogen-bond acceptors (Lipinski definition) is 3. The average Bonchev–Trinajstić information content (AvgIpc) is 2.30. The molecule has 0 aliphatic rings. The average molecular weight is 263 g/mol. The van der Waals surface area contributed by atoms with Gasteiger partial charge in [-0.2, -0.15) is 0 Å². The van der Waals surface area contributed by atoms with E-state index < -0.39 is 5.91 Å². The van der Waals surface area contributed by atoms with Crippen LogP contribution < -0.4 is 16.8 Å². The lowest BCUT2D eigenvalue weighted by molar-refractivity contribution is 0.100.